The van der Waals surface area contributed by atoms with Crippen LogP contribution in [0, 0.1) is 10.1 Å². The molecule has 0 aliphatic rings. The highest BCUT2D eigenvalue weighted by molar-refractivity contribution is 6.32. The number of methoxy groups -OCH3 is 1. The zero-order valence-corrected chi connectivity index (χ0v) is 14.0. The Morgan fingerprint density at radius 3 is 2.67 bits per heavy atom. The predicted molar refractivity (Wildman–Crippen MR) is 93.8 cm³/mol. The van der Waals surface area contributed by atoms with Crippen LogP contribution in [0.1, 0.15) is 5.56 Å². The van der Waals surface area contributed by atoms with Crippen LogP contribution in [0.15, 0.2) is 42.5 Å². The molecule has 0 saturated carbocycles. The van der Waals surface area contributed by atoms with Crippen LogP contribution in [0.4, 0.5) is 11.4 Å². The molecule has 0 atom stereocenters. The maximum atomic E-state index is 12.0. The average Bonchev–Trinajstić information content (AvgIpc) is 2.54. The Kier molecular flexibility index (Phi) is 5.78. The molecule has 0 spiro atoms. The van der Waals surface area contributed by atoms with Crippen LogP contribution >= 0.6 is 23.2 Å². The van der Waals surface area contributed by atoms with Gasteiger partial charge in [0.1, 0.15) is 10.8 Å². The molecule has 0 heterocycles. The third-order valence-corrected chi connectivity index (χ3v) is 3.57. The molecule has 1 amide bonds. The number of hydrogen-bond acceptors (Lipinski definition) is 4. The van der Waals surface area contributed by atoms with E-state index in [0.29, 0.717) is 22.0 Å². The van der Waals surface area contributed by atoms with Crippen molar-refractivity contribution in [2.45, 2.75) is 0 Å². The monoisotopic (exact) mass is 366 g/mol. The van der Waals surface area contributed by atoms with Crippen molar-refractivity contribution in [3.05, 3.63) is 68.2 Å². The molecule has 24 heavy (non-hydrogen) atoms. The number of ether oxygens (including phenoxy) is 1. The molecule has 2 aromatic carbocycles. The summed E-state index contributed by atoms with van der Waals surface area (Å²) in [5.74, 6) is 0.0245. The maximum Gasteiger partial charge on any atom is 0.288 e. The molecule has 0 aliphatic heterocycles. The lowest BCUT2D eigenvalue weighted by atomic mass is 10.2. The van der Waals surface area contributed by atoms with Crippen molar-refractivity contribution in [2.24, 2.45) is 0 Å². The van der Waals surface area contributed by atoms with E-state index in [2.05, 4.69) is 5.32 Å². The van der Waals surface area contributed by atoms with Gasteiger partial charge in [-0.05, 0) is 35.9 Å². The number of carbonyl (C=O) groups excluding carboxylic acids is 1. The Morgan fingerprint density at radius 2 is 2.00 bits per heavy atom. The number of hydrogen-bond donors (Lipinski definition) is 1. The molecule has 0 fully saturated rings. The summed E-state index contributed by atoms with van der Waals surface area (Å²) < 4.78 is 5.13. The summed E-state index contributed by atoms with van der Waals surface area (Å²) in [7, 11) is 1.47. The minimum atomic E-state index is -0.587. The van der Waals surface area contributed by atoms with E-state index >= 15 is 0 Å². The Labute approximate surface area is 147 Å². The number of benzene rings is 2. The van der Waals surface area contributed by atoms with E-state index < -0.39 is 10.8 Å². The summed E-state index contributed by atoms with van der Waals surface area (Å²) in [5.41, 5.74) is 0.664. The average molecular weight is 367 g/mol. The topological polar surface area (TPSA) is 81.5 Å². The molecule has 0 aliphatic carbocycles. The van der Waals surface area contributed by atoms with E-state index in [1.165, 1.54) is 31.4 Å². The van der Waals surface area contributed by atoms with Gasteiger partial charge >= 0.3 is 0 Å². The van der Waals surface area contributed by atoms with Gasteiger partial charge in [0.15, 0.2) is 0 Å². The number of anilines is 1. The quantitative estimate of drug-likeness (QED) is 0.477. The molecule has 0 saturated heterocycles. The SMILES string of the molecule is COc1ccc(Cl)cc1NC(=O)/C=C/c1ccc(Cl)c([N+](=O)[O-])c1. The Hall–Kier alpha value is -2.57. The molecule has 8 heteroatoms. The van der Waals surface area contributed by atoms with E-state index in [1.54, 1.807) is 24.3 Å². The third kappa shape index (κ3) is 4.47. The molecule has 0 radical (unpaired) electrons. The van der Waals surface area contributed by atoms with Gasteiger partial charge < -0.3 is 10.1 Å². The molecule has 0 unspecified atom stereocenters. The highest BCUT2D eigenvalue weighted by Gasteiger charge is 2.12. The summed E-state index contributed by atoms with van der Waals surface area (Å²) in [6.07, 6.45) is 2.68. The molecule has 124 valence electrons. The smallest absolute Gasteiger partial charge is 0.288 e. The second kappa shape index (κ2) is 7.81. The van der Waals surface area contributed by atoms with Gasteiger partial charge in [-0.2, -0.15) is 0 Å². The summed E-state index contributed by atoms with van der Waals surface area (Å²) >= 11 is 11.6. The number of amides is 1. The second-order valence-corrected chi connectivity index (χ2v) is 5.48. The summed E-state index contributed by atoms with van der Waals surface area (Å²) in [4.78, 5) is 22.3. The predicted octanol–water partition coefficient (Wildman–Crippen LogP) is 4.56. The van der Waals surface area contributed by atoms with Crippen molar-refractivity contribution < 1.29 is 14.5 Å². The molecular formula is C16H12Cl2N2O4. The Morgan fingerprint density at radius 1 is 1.25 bits per heavy atom. The first-order valence-corrected chi connectivity index (χ1v) is 7.43. The van der Waals surface area contributed by atoms with E-state index in [9.17, 15) is 14.9 Å². The van der Waals surface area contributed by atoms with E-state index in [1.807, 2.05) is 0 Å². The Balaban J connectivity index is 2.15. The van der Waals surface area contributed by atoms with Gasteiger partial charge in [-0.25, -0.2) is 0 Å². The van der Waals surface area contributed by atoms with E-state index in [0.717, 1.165) is 0 Å². The van der Waals surface area contributed by atoms with Crippen LogP contribution in [0.5, 0.6) is 5.75 Å². The van der Waals surface area contributed by atoms with Crippen LogP contribution in [-0.2, 0) is 4.79 Å². The molecule has 2 rings (SSSR count). The van der Waals surface area contributed by atoms with E-state index in [4.69, 9.17) is 27.9 Å². The van der Waals surface area contributed by atoms with Gasteiger partial charge in [0, 0.05) is 17.2 Å². The van der Waals surface area contributed by atoms with Crippen molar-refractivity contribution >= 4 is 46.6 Å². The lowest BCUT2D eigenvalue weighted by Crippen LogP contribution is -2.08. The second-order valence-electron chi connectivity index (χ2n) is 4.64. The lowest BCUT2D eigenvalue weighted by Gasteiger charge is -2.08. The van der Waals surface area contributed by atoms with Crippen LogP contribution in [0.25, 0.3) is 6.08 Å². The molecule has 1 N–H and O–H groups in total. The van der Waals surface area contributed by atoms with Crippen molar-refractivity contribution in [3.8, 4) is 5.75 Å². The standard InChI is InChI=1S/C16H12Cl2N2O4/c1-24-15-6-4-11(17)9-13(15)19-16(21)7-3-10-2-5-12(18)14(8-10)20(22)23/h2-9H,1H3,(H,19,21)/b7-3+. The van der Waals surface area contributed by atoms with Gasteiger partial charge in [0.2, 0.25) is 5.91 Å². The zero-order chi connectivity index (χ0) is 17.7. The largest absolute Gasteiger partial charge is 0.495 e. The number of halogens is 2. The van der Waals surface area contributed by atoms with Gasteiger partial charge in [-0.15, -0.1) is 0 Å². The van der Waals surface area contributed by atoms with Gasteiger partial charge in [0.25, 0.3) is 5.69 Å². The fourth-order valence-corrected chi connectivity index (χ4v) is 2.26. The van der Waals surface area contributed by atoms with Gasteiger partial charge in [0.05, 0.1) is 17.7 Å². The number of nitrogens with zero attached hydrogens (tertiary/aromatic N) is 1. The number of nitro benzene ring substituents is 1. The third-order valence-electron chi connectivity index (χ3n) is 3.01. The summed E-state index contributed by atoms with van der Waals surface area (Å²) in [6, 6.07) is 9.07. The normalized spacial score (nSPS) is 10.6. The number of carbonyl (C=O) groups is 1. The summed E-state index contributed by atoms with van der Waals surface area (Å²) in [5, 5.41) is 14.0. The molecule has 2 aromatic rings. The minimum absolute atomic E-state index is 0.0327. The van der Waals surface area contributed by atoms with Gasteiger partial charge in [-0.1, -0.05) is 29.3 Å². The van der Waals surface area contributed by atoms with Crippen LogP contribution in [-0.4, -0.2) is 17.9 Å². The first kappa shape index (κ1) is 17.8. The van der Waals surface area contributed by atoms with Crippen molar-refractivity contribution in [3.63, 3.8) is 0 Å². The molecule has 6 nitrogen and oxygen atoms in total. The van der Waals surface area contributed by atoms with Crippen molar-refractivity contribution in [1.29, 1.82) is 0 Å². The fraction of sp³-hybridized carbons (Fsp3) is 0.0625. The highest BCUT2D eigenvalue weighted by atomic mass is 35.5. The first-order valence-electron chi connectivity index (χ1n) is 6.67. The van der Waals surface area contributed by atoms with Crippen molar-refractivity contribution in [2.75, 3.05) is 12.4 Å². The fourth-order valence-electron chi connectivity index (χ4n) is 1.90. The number of nitro groups is 1. The van der Waals surface area contributed by atoms with Crippen LogP contribution in [0.2, 0.25) is 10.0 Å². The first-order chi connectivity index (χ1) is 11.4. The number of rotatable bonds is 5. The molecule has 0 aromatic heterocycles. The molecule has 0 bridgehead atoms. The van der Waals surface area contributed by atoms with Gasteiger partial charge in [-0.3, -0.25) is 14.9 Å². The van der Waals surface area contributed by atoms with E-state index in [-0.39, 0.29) is 10.7 Å². The van der Waals surface area contributed by atoms with Crippen molar-refractivity contribution in [1.82, 2.24) is 0 Å². The highest BCUT2D eigenvalue weighted by Crippen LogP contribution is 2.28. The Bertz CT molecular complexity index is 822. The lowest BCUT2D eigenvalue weighted by molar-refractivity contribution is -0.384. The zero-order valence-electron chi connectivity index (χ0n) is 12.5. The van der Waals surface area contributed by atoms with Crippen LogP contribution in [0.3, 0.4) is 0 Å². The van der Waals surface area contributed by atoms with Crippen LogP contribution < -0.4 is 10.1 Å². The minimum Gasteiger partial charge on any atom is -0.495 e. The molecular weight excluding hydrogens is 355 g/mol. The summed E-state index contributed by atoms with van der Waals surface area (Å²) in [6.45, 7) is 0. The number of nitrogens with one attached hydrogen (secondary N) is 1. The maximum absolute atomic E-state index is 12.0.